The highest BCUT2D eigenvalue weighted by Crippen LogP contribution is 2.02. The molecule has 0 saturated carbocycles. The van der Waals surface area contributed by atoms with Gasteiger partial charge in [0.1, 0.15) is 11.8 Å². The number of aryl methyl sites for hydroxylation is 1. The summed E-state index contributed by atoms with van der Waals surface area (Å²) in [6, 6.07) is 5.87. The number of hydrogen-bond acceptors (Lipinski definition) is 2. The standard InChI is InChI=1S/C8H10N2S/c1-11-6-5-10-4-2-3-8(10)7-9/h2-4H,5-6H2,1H3. The fourth-order valence-electron chi connectivity index (χ4n) is 0.900. The van der Waals surface area contributed by atoms with Crippen LogP contribution in [0.4, 0.5) is 0 Å². The molecule has 0 radical (unpaired) electrons. The van der Waals surface area contributed by atoms with Crippen molar-refractivity contribution in [2.24, 2.45) is 0 Å². The first-order valence-corrected chi connectivity index (χ1v) is 4.82. The lowest BCUT2D eigenvalue weighted by atomic mass is 10.5. The van der Waals surface area contributed by atoms with E-state index in [1.807, 2.05) is 22.9 Å². The van der Waals surface area contributed by atoms with E-state index in [0.717, 1.165) is 18.0 Å². The fourth-order valence-corrected chi connectivity index (χ4v) is 1.28. The van der Waals surface area contributed by atoms with Crippen LogP contribution < -0.4 is 0 Å². The minimum Gasteiger partial charge on any atom is -0.339 e. The Morgan fingerprint density at radius 1 is 1.73 bits per heavy atom. The van der Waals surface area contributed by atoms with Crippen LogP contribution in [0.3, 0.4) is 0 Å². The number of aromatic nitrogens is 1. The molecule has 58 valence electrons. The van der Waals surface area contributed by atoms with Gasteiger partial charge in [0.25, 0.3) is 0 Å². The van der Waals surface area contributed by atoms with Crippen LogP contribution in [0.25, 0.3) is 0 Å². The molecule has 0 unspecified atom stereocenters. The number of nitrogens with zero attached hydrogens (tertiary/aromatic N) is 2. The van der Waals surface area contributed by atoms with Crippen molar-refractivity contribution in [1.82, 2.24) is 4.57 Å². The summed E-state index contributed by atoms with van der Waals surface area (Å²) >= 11 is 1.79. The third-order valence-corrected chi connectivity index (χ3v) is 2.07. The molecule has 0 atom stereocenters. The van der Waals surface area contributed by atoms with E-state index >= 15 is 0 Å². The zero-order valence-corrected chi connectivity index (χ0v) is 7.27. The molecule has 0 spiro atoms. The van der Waals surface area contributed by atoms with Gasteiger partial charge in [-0.25, -0.2) is 0 Å². The molecule has 1 aromatic heterocycles. The maximum atomic E-state index is 8.63. The van der Waals surface area contributed by atoms with Gasteiger partial charge in [-0.1, -0.05) is 0 Å². The van der Waals surface area contributed by atoms with E-state index in [2.05, 4.69) is 12.3 Å². The average Bonchev–Trinajstić information content (AvgIpc) is 2.47. The lowest BCUT2D eigenvalue weighted by Crippen LogP contribution is -2.00. The third kappa shape index (κ3) is 2.02. The summed E-state index contributed by atoms with van der Waals surface area (Å²) in [5.74, 6) is 1.06. The number of thioether (sulfide) groups is 1. The molecule has 0 aliphatic carbocycles. The van der Waals surface area contributed by atoms with Gasteiger partial charge >= 0.3 is 0 Å². The Morgan fingerprint density at radius 2 is 2.55 bits per heavy atom. The van der Waals surface area contributed by atoms with Crippen LogP contribution in [0.15, 0.2) is 18.3 Å². The smallest absolute Gasteiger partial charge is 0.120 e. The molecule has 3 heteroatoms. The summed E-state index contributed by atoms with van der Waals surface area (Å²) in [6.45, 7) is 0.928. The number of rotatable bonds is 3. The lowest BCUT2D eigenvalue weighted by Gasteiger charge is -2.00. The molecular formula is C8H10N2S. The Hall–Kier alpha value is -0.880. The second-order valence-electron chi connectivity index (χ2n) is 2.19. The molecule has 1 rings (SSSR count). The molecule has 0 aliphatic rings. The van der Waals surface area contributed by atoms with E-state index in [0.29, 0.717) is 0 Å². The Kier molecular flexibility index (Phi) is 3.06. The summed E-state index contributed by atoms with van der Waals surface area (Å²) in [5, 5.41) is 8.63. The van der Waals surface area contributed by atoms with Gasteiger partial charge in [-0.05, 0) is 18.4 Å². The Morgan fingerprint density at radius 3 is 3.18 bits per heavy atom. The van der Waals surface area contributed by atoms with Gasteiger partial charge in [0.15, 0.2) is 0 Å². The monoisotopic (exact) mass is 166 g/mol. The molecule has 0 aromatic carbocycles. The van der Waals surface area contributed by atoms with Gasteiger partial charge in [0.05, 0.1) is 0 Å². The molecule has 0 aliphatic heterocycles. The van der Waals surface area contributed by atoms with Crippen LogP contribution in [-0.4, -0.2) is 16.6 Å². The lowest BCUT2D eigenvalue weighted by molar-refractivity contribution is 0.767. The highest BCUT2D eigenvalue weighted by molar-refractivity contribution is 7.98. The summed E-state index contributed by atoms with van der Waals surface area (Å²) in [5.41, 5.74) is 0.749. The normalized spacial score (nSPS) is 9.45. The van der Waals surface area contributed by atoms with Gasteiger partial charge in [0.2, 0.25) is 0 Å². The van der Waals surface area contributed by atoms with E-state index in [-0.39, 0.29) is 0 Å². The molecule has 1 aromatic rings. The first-order chi connectivity index (χ1) is 5.38. The minimum absolute atomic E-state index is 0.749. The summed E-state index contributed by atoms with van der Waals surface area (Å²) in [6.07, 6.45) is 4.00. The molecule has 0 amide bonds. The zero-order chi connectivity index (χ0) is 8.10. The van der Waals surface area contributed by atoms with Gasteiger partial charge in [-0.2, -0.15) is 17.0 Å². The highest BCUT2D eigenvalue weighted by Gasteiger charge is 1.96. The molecule has 0 saturated heterocycles. The van der Waals surface area contributed by atoms with Gasteiger partial charge < -0.3 is 4.57 Å². The highest BCUT2D eigenvalue weighted by atomic mass is 32.2. The molecule has 0 fully saturated rings. The summed E-state index contributed by atoms with van der Waals surface area (Å²) in [4.78, 5) is 0. The van der Waals surface area contributed by atoms with Gasteiger partial charge in [-0.3, -0.25) is 0 Å². The molecule has 11 heavy (non-hydrogen) atoms. The summed E-state index contributed by atoms with van der Waals surface area (Å²) < 4.78 is 1.97. The minimum atomic E-state index is 0.749. The van der Waals surface area contributed by atoms with E-state index in [1.54, 1.807) is 11.8 Å². The zero-order valence-electron chi connectivity index (χ0n) is 6.45. The third-order valence-electron chi connectivity index (χ3n) is 1.48. The van der Waals surface area contributed by atoms with Crippen LogP contribution in [0.5, 0.6) is 0 Å². The van der Waals surface area contributed by atoms with Crippen molar-refractivity contribution >= 4 is 11.8 Å². The Labute approximate surface area is 70.8 Å². The topological polar surface area (TPSA) is 28.7 Å². The second-order valence-corrected chi connectivity index (χ2v) is 3.18. The number of hydrogen-bond donors (Lipinski definition) is 0. The van der Waals surface area contributed by atoms with Crippen LogP contribution in [0, 0.1) is 11.3 Å². The molecule has 0 N–H and O–H groups in total. The number of nitriles is 1. The van der Waals surface area contributed by atoms with E-state index in [9.17, 15) is 0 Å². The van der Waals surface area contributed by atoms with E-state index in [4.69, 9.17) is 5.26 Å². The predicted molar refractivity (Wildman–Crippen MR) is 47.5 cm³/mol. The maximum Gasteiger partial charge on any atom is 0.120 e. The largest absolute Gasteiger partial charge is 0.339 e. The average molecular weight is 166 g/mol. The van der Waals surface area contributed by atoms with Crippen LogP contribution >= 0.6 is 11.8 Å². The van der Waals surface area contributed by atoms with Crippen LogP contribution in [0.1, 0.15) is 5.69 Å². The van der Waals surface area contributed by atoms with Crippen LogP contribution in [0.2, 0.25) is 0 Å². The summed E-state index contributed by atoms with van der Waals surface area (Å²) in [7, 11) is 0. The fraction of sp³-hybridized carbons (Fsp3) is 0.375. The Balaban J connectivity index is 2.63. The van der Waals surface area contributed by atoms with Crippen LogP contribution in [-0.2, 0) is 6.54 Å². The van der Waals surface area contributed by atoms with Crippen molar-refractivity contribution in [2.45, 2.75) is 6.54 Å². The van der Waals surface area contributed by atoms with Gasteiger partial charge in [0, 0.05) is 18.5 Å². The SMILES string of the molecule is CSCCn1cccc1C#N. The van der Waals surface area contributed by atoms with E-state index < -0.39 is 0 Å². The van der Waals surface area contributed by atoms with E-state index in [1.165, 1.54) is 0 Å². The molecule has 2 nitrogen and oxygen atoms in total. The quantitative estimate of drug-likeness (QED) is 0.684. The second kappa shape index (κ2) is 4.09. The van der Waals surface area contributed by atoms with Crippen molar-refractivity contribution in [3.8, 4) is 6.07 Å². The van der Waals surface area contributed by atoms with Crippen molar-refractivity contribution in [1.29, 1.82) is 5.26 Å². The molecular weight excluding hydrogens is 156 g/mol. The van der Waals surface area contributed by atoms with Crippen molar-refractivity contribution < 1.29 is 0 Å². The van der Waals surface area contributed by atoms with Crippen molar-refractivity contribution in [3.05, 3.63) is 24.0 Å². The Bertz CT molecular complexity index is 259. The predicted octanol–water partition coefficient (Wildman–Crippen LogP) is 1.72. The maximum absolute atomic E-state index is 8.63. The van der Waals surface area contributed by atoms with Crippen molar-refractivity contribution in [2.75, 3.05) is 12.0 Å². The first kappa shape index (κ1) is 8.22. The van der Waals surface area contributed by atoms with Crippen molar-refractivity contribution in [3.63, 3.8) is 0 Å². The molecule has 0 bridgehead atoms. The first-order valence-electron chi connectivity index (χ1n) is 3.42. The van der Waals surface area contributed by atoms with Gasteiger partial charge in [-0.15, -0.1) is 0 Å². The molecule has 1 heterocycles.